The first-order valence-corrected chi connectivity index (χ1v) is 14.1. The van der Waals surface area contributed by atoms with Crippen molar-refractivity contribution in [3.63, 3.8) is 0 Å². The van der Waals surface area contributed by atoms with Crippen LogP contribution in [0.4, 0.5) is 0 Å². The van der Waals surface area contributed by atoms with Gasteiger partial charge in [-0.3, -0.25) is 0 Å². The van der Waals surface area contributed by atoms with Gasteiger partial charge in [-0.25, -0.2) is 0 Å². The number of hydrogen-bond acceptors (Lipinski definition) is 5. The van der Waals surface area contributed by atoms with Gasteiger partial charge >= 0.3 is 0 Å². The summed E-state index contributed by atoms with van der Waals surface area (Å²) in [6.07, 6.45) is 7.70. The summed E-state index contributed by atoms with van der Waals surface area (Å²) < 4.78 is 0. The summed E-state index contributed by atoms with van der Waals surface area (Å²) in [6, 6.07) is 15.0. The Hall–Kier alpha value is -3.65. The number of likely N-dealkylation sites (tertiary alicyclic amines) is 1. The molecule has 3 N–H and O–H groups in total. The van der Waals surface area contributed by atoms with Gasteiger partial charge < -0.3 is 20.9 Å². The van der Waals surface area contributed by atoms with Crippen LogP contribution in [0.5, 0.6) is 0 Å². The number of hydrogen-bond donors (Lipinski definition) is 3. The lowest BCUT2D eigenvalue weighted by Crippen LogP contribution is -2.32. The Morgan fingerprint density at radius 2 is 1.84 bits per heavy atom. The Labute approximate surface area is 228 Å². The highest BCUT2D eigenvalue weighted by Gasteiger charge is 2.48. The van der Waals surface area contributed by atoms with Crippen molar-refractivity contribution >= 4 is 5.70 Å². The van der Waals surface area contributed by atoms with Gasteiger partial charge in [-0.1, -0.05) is 38.3 Å². The highest BCUT2D eigenvalue weighted by atomic mass is 15.2. The minimum atomic E-state index is 0.0601. The minimum Gasteiger partial charge on any atom is -0.386 e. The van der Waals surface area contributed by atoms with E-state index in [2.05, 4.69) is 85.1 Å². The van der Waals surface area contributed by atoms with E-state index < -0.39 is 0 Å². The molecule has 2 aromatic rings. The molecule has 1 atom stereocenters. The molecule has 0 spiro atoms. The third-order valence-electron chi connectivity index (χ3n) is 9.02. The standard InChI is InChI=1S/C33H41N5/c1-6-33(14-15-33)31-30(21-35-7-2)36-32(37-31)29-19-28(22(3)18-23(29)4)24(5)38-16-12-27(13-17-38)26-10-8-25(20-34)9-11-26/h7-11,18-19,27,32,35-37H,2,5-6,12-17,21H2,1,3-4H3. The van der Waals surface area contributed by atoms with Gasteiger partial charge in [-0.05, 0) is 98.5 Å². The number of nitrogens with zero attached hydrogens (tertiary/aromatic N) is 2. The van der Waals surface area contributed by atoms with E-state index in [1.54, 1.807) is 6.20 Å². The molecule has 38 heavy (non-hydrogen) atoms. The number of nitrogens with one attached hydrogen (secondary N) is 3. The summed E-state index contributed by atoms with van der Waals surface area (Å²) in [4.78, 5) is 2.45. The van der Waals surface area contributed by atoms with Gasteiger partial charge in [0.2, 0.25) is 0 Å². The van der Waals surface area contributed by atoms with Crippen LogP contribution in [0.1, 0.15) is 84.5 Å². The number of nitriles is 1. The van der Waals surface area contributed by atoms with Crippen LogP contribution in [0.15, 0.2) is 67.2 Å². The van der Waals surface area contributed by atoms with Gasteiger partial charge in [0.1, 0.15) is 6.17 Å². The molecule has 0 bridgehead atoms. The van der Waals surface area contributed by atoms with Crippen molar-refractivity contribution in [1.82, 2.24) is 20.9 Å². The molecule has 1 aliphatic carbocycles. The molecule has 0 aromatic heterocycles. The monoisotopic (exact) mass is 507 g/mol. The van der Waals surface area contributed by atoms with Crippen LogP contribution in [-0.2, 0) is 0 Å². The average Bonchev–Trinajstić information content (AvgIpc) is 3.63. The zero-order valence-corrected chi connectivity index (χ0v) is 23.2. The summed E-state index contributed by atoms with van der Waals surface area (Å²) in [5, 5.41) is 20.1. The highest BCUT2D eigenvalue weighted by molar-refractivity contribution is 5.67. The summed E-state index contributed by atoms with van der Waals surface area (Å²) in [6.45, 7) is 17.9. The zero-order valence-electron chi connectivity index (χ0n) is 23.2. The van der Waals surface area contributed by atoms with Crippen LogP contribution in [0.3, 0.4) is 0 Å². The van der Waals surface area contributed by atoms with Crippen molar-refractivity contribution in [3.05, 3.63) is 101 Å². The van der Waals surface area contributed by atoms with E-state index in [0.29, 0.717) is 11.3 Å². The van der Waals surface area contributed by atoms with E-state index in [1.807, 2.05) is 12.1 Å². The number of allylic oxidation sites excluding steroid dienone is 1. The first-order chi connectivity index (χ1) is 18.4. The molecule has 198 valence electrons. The molecule has 1 saturated heterocycles. The van der Waals surface area contributed by atoms with E-state index in [0.717, 1.165) is 50.2 Å². The van der Waals surface area contributed by atoms with E-state index in [9.17, 15) is 0 Å². The molecule has 2 fully saturated rings. The average molecular weight is 508 g/mol. The third kappa shape index (κ3) is 4.92. The van der Waals surface area contributed by atoms with Crippen LogP contribution >= 0.6 is 0 Å². The Kier molecular flexibility index (Phi) is 7.25. The molecule has 3 aliphatic rings. The molecule has 1 unspecified atom stereocenters. The second-order valence-electron chi connectivity index (χ2n) is 11.3. The number of aryl methyl sites for hydroxylation is 2. The third-order valence-corrected chi connectivity index (χ3v) is 9.02. The van der Waals surface area contributed by atoms with E-state index >= 15 is 0 Å². The lowest BCUT2D eigenvalue weighted by Gasteiger charge is -2.36. The van der Waals surface area contributed by atoms with Crippen molar-refractivity contribution < 1.29 is 0 Å². The van der Waals surface area contributed by atoms with Crippen LogP contribution in [-0.4, -0.2) is 24.5 Å². The SMILES string of the molecule is C=CNCC1=C(C2(CC)CC2)NC(c2cc(C(=C)N3CCC(c4ccc(C#N)cc4)CC3)c(C)cc2C)N1. The molecular formula is C33H41N5. The van der Waals surface area contributed by atoms with Crippen LogP contribution in [0.2, 0.25) is 0 Å². The van der Waals surface area contributed by atoms with Gasteiger partial charge in [0.15, 0.2) is 0 Å². The maximum Gasteiger partial charge on any atom is 0.123 e. The largest absolute Gasteiger partial charge is 0.386 e. The fraction of sp³-hybridized carbons (Fsp3) is 0.424. The molecule has 2 aromatic carbocycles. The number of benzene rings is 2. The van der Waals surface area contributed by atoms with Crippen LogP contribution < -0.4 is 16.0 Å². The number of rotatable bonds is 9. The Balaban J connectivity index is 1.31. The van der Waals surface area contributed by atoms with Crippen LogP contribution in [0.25, 0.3) is 5.70 Å². The molecule has 2 aliphatic heterocycles. The molecule has 1 saturated carbocycles. The Bertz CT molecular complexity index is 1280. The van der Waals surface area contributed by atoms with E-state index in [4.69, 9.17) is 5.26 Å². The fourth-order valence-electron chi connectivity index (χ4n) is 6.36. The van der Waals surface area contributed by atoms with Gasteiger partial charge in [0, 0.05) is 35.5 Å². The molecule has 0 amide bonds. The minimum absolute atomic E-state index is 0.0601. The first kappa shape index (κ1) is 26.0. The summed E-state index contributed by atoms with van der Waals surface area (Å²) >= 11 is 0. The molecule has 5 heteroatoms. The van der Waals surface area contributed by atoms with Gasteiger partial charge in [0.25, 0.3) is 0 Å². The molecule has 0 radical (unpaired) electrons. The fourth-order valence-corrected chi connectivity index (χ4v) is 6.36. The normalized spacial score (nSPS) is 20.4. The maximum atomic E-state index is 9.10. The van der Waals surface area contributed by atoms with Gasteiger partial charge in [-0.15, -0.1) is 0 Å². The highest BCUT2D eigenvalue weighted by Crippen LogP contribution is 2.55. The second kappa shape index (κ2) is 10.6. The predicted molar refractivity (Wildman–Crippen MR) is 156 cm³/mol. The quantitative estimate of drug-likeness (QED) is 0.369. The molecule has 5 rings (SSSR count). The molecular weight excluding hydrogens is 466 g/mol. The lowest BCUT2D eigenvalue weighted by atomic mass is 9.88. The Morgan fingerprint density at radius 1 is 1.13 bits per heavy atom. The topological polar surface area (TPSA) is 63.1 Å². The maximum absolute atomic E-state index is 9.10. The van der Waals surface area contributed by atoms with E-state index in [1.165, 1.54) is 52.1 Å². The van der Waals surface area contributed by atoms with Crippen molar-refractivity contribution in [3.8, 4) is 6.07 Å². The number of piperidine rings is 1. The van der Waals surface area contributed by atoms with Crippen LogP contribution in [0, 0.1) is 30.6 Å². The van der Waals surface area contributed by atoms with Gasteiger partial charge in [-0.2, -0.15) is 5.26 Å². The van der Waals surface area contributed by atoms with Crippen molar-refractivity contribution in [2.75, 3.05) is 19.6 Å². The van der Waals surface area contributed by atoms with Gasteiger partial charge in [0.05, 0.1) is 23.9 Å². The predicted octanol–water partition coefficient (Wildman–Crippen LogP) is 6.35. The smallest absolute Gasteiger partial charge is 0.123 e. The zero-order chi connectivity index (χ0) is 26.9. The first-order valence-electron chi connectivity index (χ1n) is 14.1. The van der Waals surface area contributed by atoms with Crippen molar-refractivity contribution in [1.29, 1.82) is 5.26 Å². The summed E-state index contributed by atoms with van der Waals surface area (Å²) in [7, 11) is 0. The second-order valence-corrected chi connectivity index (χ2v) is 11.3. The van der Waals surface area contributed by atoms with Crippen molar-refractivity contribution in [2.24, 2.45) is 5.41 Å². The summed E-state index contributed by atoms with van der Waals surface area (Å²) in [5.74, 6) is 0.536. The molecule has 2 heterocycles. The summed E-state index contributed by atoms with van der Waals surface area (Å²) in [5.41, 5.74) is 11.2. The molecule has 5 nitrogen and oxygen atoms in total. The Morgan fingerprint density at radius 3 is 2.45 bits per heavy atom. The lowest BCUT2D eigenvalue weighted by molar-refractivity contribution is 0.299. The van der Waals surface area contributed by atoms with Crippen molar-refractivity contribution in [2.45, 2.75) is 65.0 Å². The van der Waals surface area contributed by atoms with E-state index in [-0.39, 0.29) is 6.17 Å².